The molecule has 0 aromatic heterocycles. The quantitative estimate of drug-likeness (QED) is 0.711. The van der Waals surface area contributed by atoms with E-state index in [0.717, 1.165) is 16.9 Å². The Balaban J connectivity index is 2.87. The molecule has 0 fully saturated rings. The number of aliphatic carboxylic acids is 1. The molecule has 0 saturated heterocycles. The average Bonchev–Trinajstić information content (AvgIpc) is 2.43. The van der Waals surface area contributed by atoms with Crippen molar-refractivity contribution in [1.82, 2.24) is 5.32 Å². The molecule has 0 aliphatic heterocycles. The zero-order chi connectivity index (χ0) is 15.3. The van der Waals surface area contributed by atoms with Crippen LogP contribution < -0.4 is 10.1 Å². The predicted octanol–water partition coefficient (Wildman–Crippen LogP) is 1.88. The Morgan fingerprint density at radius 2 is 2.10 bits per heavy atom. The molecule has 0 radical (unpaired) electrons. The summed E-state index contributed by atoms with van der Waals surface area (Å²) in [6.07, 6.45) is -0.129. The van der Waals surface area contributed by atoms with Crippen LogP contribution in [0.2, 0.25) is 0 Å². The number of rotatable bonds is 7. The fourth-order valence-electron chi connectivity index (χ4n) is 2.14. The maximum Gasteiger partial charge on any atom is 0.320 e. The van der Waals surface area contributed by atoms with E-state index in [9.17, 15) is 9.90 Å². The van der Waals surface area contributed by atoms with Crippen LogP contribution in [-0.4, -0.2) is 35.4 Å². The van der Waals surface area contributed by atoms with Crippen molar-refractivity contribution in [2.75, 3.05) is 7.11 Å². The Morgan fingerprint density at radius 3 is 2.55 bits per heavy atom. The Hall–Kier alpha value is -1.59. The summed E-state index contributed by atoms with van der Waals surface area (Å²) in [5.41, 5.74) is 1.69. The van der Waals surface area contributed by atoms with Gasteiger partial charge in [0.05, 0.1) is 13.2 Å². The monoisotopic (exact) mass is 281 g/mol. The minimum absolute atomic E-state index is 0.311. The fraction of sp³-hybridized carbons (Fsp3) is 0.533. The molecule has 1 aromatic carbocycles. The number of ether oxygens (including phenoxy) is 1. The number of benzene rings is 1. The minimum Gasteiger partial charge on any atom is -0.496 e. The number of carbonyl (C=O) groups is 1. The van der Waals surface area contributed by atoms with Gasteiger partial charge in [-0.25, -0.2) is 0 Å². The van der Waals surface area contributed by atoms with Crippen LogP contribution in [0.3, 0.4) is 0 Å². The number of carboxylic acids is 1. The SMILES string of the molecule is CCC(NC(C)C(=O)O)C(O)c1ccc(OC)c(C)c1. The van der Waals surface area contributed by atoms with E-state index >= 15 is 0 Å². The second-order valence-corrected chi connectivity index (χ2v) is 4.92. The highest BCUT2D eigenvalue weighted by atomic mass is 16.5. The molecule has 0 aliphatic rings. The third kappa shape index (κ3) is 3.95. The van der Waals surface area contributed by atoms with Gasteiger partial charge in [0, 0.05) is 6.04 Å². The van der Waals surface area contributed by atoms with Crippen LogP contribution in [0.15, 0.2) is 18.2 Å². The van der Waals surface area contributed by atoms with Gasteiger partial charge in [0.15, 0.2) is 0 Å². The molecule has 3 atom stereocenters. The summed E-state index contributed by atoms with van der Waals surface area (Å²) >= 11 is 0. The zero-order valence-corrected chi connectivity index (χ0v) is 12.4. The molecule has 20 heavy (non-hydrogen) atoms. The maximum absolute atomic E-state index is 10.9. The molecule has 3 N–H and O–H groups in total. The molecule has 5 nitrogen and oxygen atoms in total. The van der Waals surface area contributed by atoms with Crippen molar-refractivity contribution in [2.45, 2.75) is 45.4 Å². The lowest BCUT2D eigenvalue weighted by Crippen LogP contribution is -2.44. The van der Waals surface area contributed by atoms with Gasteiger partial charge in [-0.05, 0) is 43.5 Å². The van der Waals surface area contributed by atoms with Gasteiger partial charge in [-0.2, -0.15) is 0 Å². The van der Waals surface area contributed by atoms with Crippen LogP contribution >= 0.6 is 0 Å². The molecule has 1 rings (SSSR count). The van der Waals surface area contributed by atoms with Crippen LogP contribution in [0.4, 0.5) is 0 Å². The molecular weight excluding hydrogens is 258 g/mol. The third-order valence-electron chi connectivity index (χ3n) is 3.42. The first-order valence-corrected chi connectivity index (χ1v) is 6.72. The Kier molecular flexibility index (Phi) is 5.98. The van der Waals surface area contributed by atoms with Gasteiger partial charge in [-0.3, -0.25) is 10.1 Å². The standard InChI is InChI=1S/C15H23NO4/c1-5-12(16-10(3)15(18)19)14(17)11-6-7-13(20-4)9(2)8-11/h6-8,10,12,14,16-17H,5H2,1-4H3,(H,18,19). The smallest absolute Gasteiger partial charge is 0.320 e. The molecule has 0 bridgehead atoms. The van der Waals surface area contributed by atoms with Crippen LogP contribution in [0, 0.1) is 6.92 Å². The van der Waals surface area contributed by atoms with Gasteiger partial charge in [0.1, 0.15) is 11.8 Å². The number of aliphatic hydroxyl groups is 1. The van der Waals surface area contributed by atoms with Crippen LogP contribution in [0.5, 0.6) is 5.75 Å². The lowest BCUT2D eigenvalue weighted by Gasteiger charge is -2.25. The normalized spacial score (nSPS) is 15.4. The lowest BCUT2D eigenvalue weighted by atomic mass is 9.98. The highest BCUT2D eigenvalue weighted by molar-refractivity contribution is 5.72. The molecule has 0 spiro atoms. The number of hydrogen-bond acceptors (Lipinski definition) is 4. The number of nitrogens with one attached hydrogen (secondary N) is 1. The molecule has 0 heterocycles. The summed E-state index contributed by atoms with van der Waals surface area (Å²) < 4.78 is 5.19. The average molecular weight is 281 g/mol. The first-order chi connectivity index (χ1) is 9.40. The van der Waals surface area contributed by atoms with Gasteiger partial charge < -0.3 is 14.9 Å². The van der Waals surface area contributed by atoms with Crippen molar-refractivity contribution in [3.8, 4) is 5.75 Å². The molecule has 1 aromatic rings. The number of aryl methyl sites for hydroxylation is 1. The molecule has 0 amide bonds. The predicted molar refractivity (Wildman–Crippen MR) is 77.0 cm³/mol. The van der Waals surface area contributed by atoms with E-state index in [4.69, 9.17) is 9.84 Å². The van der Waals surface area contributed by atoms with Crippen molar-refractivity contribution in [3.63, 3.8) is 0 Å². The summed E-state index contributed by atoms with van der Waals surface area (Å²) in [5.74, 6) is -0.164. The van der Waals surface area contributed by atoms with Gasteiger partial charge in [-0.1, -0.05) is 13.0 Å². The number of hydrogen-bond donors (Lipinski definition) is 3. The van der Waals surface area contributed by atoms with E-state index in [1.54, 1.807) is 26.2 Å². The first kappa shape index (κ1) is 16.5. The number of carboxylic acid groups (broad SMARTS) is 1. The molecule has 0 saturated carbocycles. The van der Waals surface area contributed by atoms with Gasteiger partial charge in [0.2, 0.25) is 0 Å². The summed E-state index contributed by atoms with van der Waals surface area (Å²) in [6, 6.07) is 4.45. The van der Waals surface area contributed by atoms with Crippen molar-refractivity contribution >= 4 is 5.97 Å². The summed E-state index contributed by atoms with van der Waals surface area (Å²) in [4.78, 5) is 10.9. The van der Waals surface area contributed by atoms with Gasteiger partial charge in [-0.15, -0.1) is 0 Å². The second kappa shape index (κ2) is 7.26. The van der Waals surface area contributed by atoms with Crippen molar-refractivity contribution in [3.05, 3.63) is 29.3 Å². The second-order valence-electron chi connectivity index (χ2n) is 4.92. The molecule has 3 unspecified atom stereocenters. The van der Waals surface area contributed by atoms with E-state index in [2.05, 4.69) is 5.32 Å². The van der Waals surface area contributed by atoms with Gasteiger partial charge >= 0.3 is 5.97 Å². The molecule has 0 aliphatic carbocycles. The van der Waals surface area contributed by atoms with E-state index in [-0.39, 0.29) is 6.04 Å². The van der Waals surface area contributed by atoms with Crippen molar-refractivity contribution in [1.29, 1.82) is 0 Å². The molecule has 112 valence electrons. The van der Waals surface area contributed by atoms with E-state index in [0.29, 0.717) is 6.42 Å². The Morgan fingerprint density at radius 1 is 1.45 bits per heavy atom. The molecule has 5 heteroatoms. The summed E-state index contributed by atoms with van der Waals surface area (Å²) in [5, 5.41) is 22.3. The van der Waals surface area contributed by atoms with Crippen molar-refractivity contribution in [2.24, 2.45) is 0 Å². The minimum atomic E-state index is -0.929. The maximum atomic E-state index is 10.9. The van der Waals surface area contributed by atoms with Crippen LogP contribution in [0.1, 0.15) is 37.5 Å². The zero-order valence-electron chi connectivity index (χ0n) is 12.4. The van der Waals surface area contributed by atoms with Gasteiger partial charge in [0.25, 0.3) is 0 Å². The largest absolute Gasteiger partial charge is 0.496 e. The fourth-order valence-corrected chi connectivity index (χ4v) is 2.14. The summed E-state index contributed by atoms with van der Waals surface area (Å²) in [6.45, 7) is 5.38. The highest BCUT2D eigenvalue weighted by Crippen LogP contribution is 2.25. The van der Waals surface area contributed by atoms with E-state index in [1.807, 2.05) is 19.9 Å². The van der Waals surface area contributed by atoms with Crippen LogP contribution in [-0.2, 0) is 4.79 Å². The Labute approximate surface area is 119 Å². The third-order valence-corrected chi connectivity index (χ3v) is 3.42. The highest BCUT2D eigenvalue weighted by Gasteiger charge is 2.23. The first-order valence-electron chi connectivity index (χ1n) is 6.72. The van der Waals surface area contributed by atoms with Crippen molar-refractivity contribution < 1.29 is 19.7 Å². The van der Waals surface area contributed by atoms with E-state index < -0.39 is 18.1 Å². The topological polar surface area (TPSA) is 78.8 Å². The Bertz CT molecular complexity index is 461. The molecular formula is C15H23NO4. The lowest BCUT2D eigenvalue weighted by molar-refractivity contribution is -0.139. The number of methoxy groups -OCH3 is 1. The summed E-state index contributed by atoms with van der Waals surface area (Å²) in [7, 11) is 1.60. The van der Waals surface area contributed by atoms with E-state index in [1.165, 1.54) is 0 Å². The number of aliphatic hydroxyl groups excluding tert-OH is 1. The van der Waals surface area contributed by atoms with Crippen LogP contribution in [0.25, 0.3) is 0 Å².